The molecule has 0 saturated heterocycles. The molecule has 0 amide bonds. The summed E-state index contributed by atoms with van der Waals surface area (Å²) in [5.74, 6) is -0.0478. The Morgan fingerprint density at radius 3 is 2.67 bits per heavy atom. The van der Waals surface area contributed by atoms with Crippen molar-refractivity contribution in [1.82, 2.24) is 0 Å². The maximum atomic E-state index is 13.4. The van der Waals surface area contributed by atoms with Gasteiger partial charge in [-0.25, -0.2) is 4.39 Å². The Hall–Kier alpha value is -0.600. The van der Waals surface area contributed by atoms with Gasteiger partial charge < -0.3 is 5.11 Å². The van der Waals surface area contributed by atoms with Crippen LogP contribution in [0, 0.1) is 11.7 Å². The lowest BCUT2D eigenvalue weighted by Crippen LogP contribution is -2.05. The number of benzene rings is 1. The lowest BCUT2D eigenvalue weighted by molar-refractivity contribution is 0.142. The molecular formula is C12H16ClFO. The summed E-state index contributed by atoms with van der Waals surface area (Å²) in [7, 11) is 0. The van der Waals surface area contributed by atoms with E-state index in [1.165, 1.54) is 6.07 Å². The van der Waals surface area contributed by atoms with E-state index in [0.717, 1.165) is 6.42 Å². The van der Waals surface area contributed by atoms with E-state index in [-0.39, 0.29) is 0 Å². The fourth-order valence-corrected chi connectivity index (χ4v) is 1.61. The normalized spacial score (nSPS) is 15.0. The summed E-state index contributed by atoms with van der Waals surface area (Å²) in [5.41, 5.74) is 0.333. The van der Waals surface area contributed by atoms with Gasteiger partial charge in [0, 0.05) is 10.6 Å². The van der Waals surface area contributed by atoms with Crippen molar-refractivity contribution in [3.8, 4) is 0 Å². The summed E-state index contributed by atoms with van der Waals surface area (Å²) >= 11 is 5.63. The predicted molar refractivity (Wildman–Crippen MR) is 60.4 cm³/mol. The maximum absolute atomic E-state index is 13.4. The Labute approximate surface area is 94.9 Å². The Kier molecular flexibility index (Phi) is 4.55. The van der Waals surface area contributed by atoms with Crippen molar-refractivity contribution in [2.24, 2.45) is 5.92 Å². The van der Waals surface area contributed by atoms with Gasteiger partial charge in [0.15, 0.2) is 0 Å². The van der Waals surface area contributed by atoms with Crippen LogP contribution < -0.4 is 0 Å². The van der Waals surface area contributed by atoms with Gasteiger partial charge in [-0.05, 0) is 24.5 Å². The molecule has 1 rings (SSSR count). The standard InChI is InChI=1S/C12H16ClFO/c1-3-8(2)6-12(15)10-5-4-9(13)7-11(10)14/h4-5,7-8,12,15H,3,6H2,1-2H3. The van der Waals surface area contributed by atoms with Crippen LogP contribution in [-0.2, 0) is 0 Å². The highest BCUT2D eigenvalue weighted by molar-refractivity contribution is 6.30. The minimum Gasteiger partial charge on any atom is -0.388 e. The Morgan fingerprint density at radius 2 is 2.13 bits per heavy atom. The molecule has 0 spiro atoms. The van der Waals surface area contributed by atoms with Crippen LogP contribution in [0.1, 0.15) is 38.4 Å². The third kappa shape index (κ3) is 3.47. The Balaban J connectivity index is 2.77. The maximum Gasteiger partial charge on any atom is 0.130 e. The smallest absolute Gasteiger partial charge is 0.130 e. The molecule has 0 saturated carbocycles. The van der Waals surface area contributed by atoms with Gasteiger partial charge >= 0.3 is 0 Å². The zero-order valence-corrected chi connectivity index (χ0v) is 9.76. The van der Waals surface area contributed by atoms with Gasteiger partial charge in [-0.2, -0.15) is 0 Å². The molecule has 0 fully saturated rings. The molecular weight excluding hydrogens is 215 g/mol. The van der Waals surface area contributed by atoms with Crippen molar-refractivity contribution in [3.05, 3.63) is 34.6 Å². The third-order valence-electron chi connectivity index (χ3n) is 2.64. The van der Waals surface area contributed by atoms with Crippen LogP contribution in [0.3, 0.4) is 0 Å². The molecule has 2 atom stereocenters. The minimum absolute atomic E-state index is 0.333. The first kappa shape index (κ1) is 12.5. The molecule has 1 N–H and O–H groups in total. The highest BCUT2D eigenvalue weighted by Crippen LogP contribution is 2.26. The summed E-state index contributed by atoms with van der Waals surface area (Å²) in [6.07, 6.45) is 0.818. The largest absolute Gasteiger partial charge is 0.388 e. The number of rotatable bonds is 4. The topological polar surface area (TPSA) is 20.2 Å². The van der Waals surface area contributed by atoms with Gasteiger partial charge in [0.05, 0.1) is 6.10 Å². The molecule has 1 aromatic rings. The molecule has 0 aliphatic rings. The average molecular weight is 231 g/mol. The second kappa shape index (κ2) is 5.47. The van der Waals surface area contributed by atoms with Crippen molar-refractivity contribution in [2.45, 2.75) is 32.8 Å². The quantitative estimate of drug-likeness (QED) is 0.831. The first-order valence-corrected chi connectivity index (χ1v) is 5.55. The van der Waals surface area contributed by atoms with E-state index in [1.807, 2.05) is 6.92 Å². The highest BCUT2D eigenvalue weighted by atomic mass is 35.5. The molecule has 0 aromatic heterocycles. The lowest BCUT2D eigenvalue weighted by Gasteiger charge is -2.15. The summed E-state index contributed by atoms with van der Waals surface area (Å²) in [4.78, 5) is 0. The molecule has 1 nitrogen and oxygen atoms in total. The van der Waals surface area contributed by atoms with Crippen molar-refractivity contribution in [1.29, 1.82) is 0 Å². The predicted octanol–water partition coefficient (Wildman–Crippen LogP) is 3.95. The van der Waals surface area contributed by atoms with Crippen molar-refractivity contribution < 1.29 is 9.50 Å². The molecule has 0 radical (unpaired) electrons. The Bertz CT molecular complexity index is 327. The zero-order chi connectivity index (χ0) is 11.4. The van der Waals surface area contributed by atoms with Crippen molar-refractivity contribution >= 4 is 11.6 Å². The second-order valence-electron chi connectivity index (χ2n) is 3.93. The molecule has 0 aliphatic heterocycles. The number of aliphatic hydroxyl groups excluding tert-OH is 1. The fourth-order valence-electron chi connectivity index (χ4n) is 1.45. The van der Waals surface area contributed by atoms with Crippen LogP contribution in [0.25, 0.3) is 0 Å². The summed E-state index contributed by atoms with van der Waals surface area (Å²) in [6.45, 7) is 4.09. The average Bonchev–Trinajstić information content (AvgIpc) is 2.17. The summed E-state index contributed by atoms with van der Waals surface area (Å²) < 4.78 is 13.4. The number of halogens is 2. The van der Waals surface area contributed by atoms with Crippen LogP contribution in [0.4, 0.5) is 4.39 Å². The van der Waals surface area contributed by atoms with Gasteiger partial charge in [-0.1, -0.05) is 37.9 Å². The first-order chi connectivity index (χ1) is 7.04. The molecule has 1 aromatic carbocycles. The van der Waals surface area contributed by atoms with Crippen LogP contribution >= 0.6 is 11.6 Å². The van der Waals surface area contributed by atoms with E-state index in [4.69, 9.17) is 11.6 Å². The van der Waals surface area contributed by atoms with Crippen LogP contribution in [0.5, 0.6) is 0 Å². The molecule has 0 bridgehead atoms. The second-order valence-corrected chi connectivity index (χ2v) is 4.37. The SMILES string of the molecule is CCC(C)CC(O)c1ccc(Cl)cc1F. The third-order valence-corrected chi connectivity index (χ3v) is 2.88. The van der Waals surface area contributed by atoms with Crippen molar-refractivity contribution in [2.75, 3.05) is 0 Å². The molecule has 15 heavy (non-hydrogen) atoms. The highest BCUT2D eigenvalue weighted by Gasteiger charge is 2.15. The van der Waals surface area contributed by atoms with E-state index >= 15 is 0 Å². The minimum atomic E-state index is -0.739. The van der Waals surface area contributed by atoms with Crippen LogP contribution in [-0.4, -0.2) is 5.11 Å². The lowest BCUT2D eigenvalue weighted by atomic mass is 9.96. The Morgan fingerprint density at radius 1 is 1.47 bits per heavy atom. The van der Waals surface area contributed by atoms with Crippen LogP contribution in [0.15, 0.2) is 18.2 Å². The molecule has 0 heterocycles. The number of aliphatic hydroxyl groups is 1. The molecule has 3 heteroatoms. The van der Waals surface area contributed by atoms with E-state index in [0.29, 0.717) is 22.9 Å². The molecule has 84 valence electrons. The van der Waals surface area contributed by atoms with E-state index in [2.05, 4.69) is 6.92 Å². The van der Waals surface area contributed by atoms with E-state index in [1.54, 1.807) is 12.1 Å². The van der Waals surface area contributed by atoms with E-state index in [9.17, 15) is 9.50 Å². The molecule has 2 unspecified atom stereocenters. The number of hydrogen-bond acceptors (Lipinski definition) is 1. The van der Waals surface area contributed by atoms with Crippen molar-refractivity contribution in [3.63, 3.8) is 0 Å². The van der Waals surface area contributed by atoms with E-state index < -0.39 is 11.9 Å². The molecule has 0 aliphatic carbocycles. The monoisotopic (exact) mass is 230 g/mol. The van der Waals surface area contributed by atoms with Gasteiger partial charge in [-0.15, -0.1) is 0 Å². The van der Waals surface area contributed by atoms with Gasteiger partial charge in [0.1, 0.15) is 5.82 Å². The zero-order valence-electron chi connectivity index (χ0n) is 9.00. The fraction of sp³-hybridized carbons (Fsp3) is 0.500. The summed E-state index contributed by atoms with van der Waals surface area (Å²) in [6, 6.07) is 4.38. The van der Waals surface area contributed by atoms with Gasteiger partial charge in [0.2, 0.25) is 0 Å². The first-order valence-electron chi connectivity index (χ1n) is 5.17. The van der Waals surface area contributed by atoms with Gasteiger partial charge in [-0.3, -0.25) is 0 Å². The van der Waals surface area contributed by atoms with Crippen LogP contribution in [0.2, 0.25) is 5.02 Å². The summed E-state index contributed by atoms with van der Waals surface area (Å²) in [5, 5.41) is 10.2. The number of hydrogen-bond donors (Lipinski definition) is 1. The van der Waals surface area contributed by atoms with Gasteiger partial charge in [0.25, 0.3) is 0 Å².